The van der Waals surface area contributed by atoms with Crippen molar-refractivity contribution in [1.29, 1.82) is 0 Å². The molecule has 0 saturated heterocycles. The van der Waals surface area contributed by atoms with Gasteiger partial charge in [0, 0.05) is 11.4 Å². The van der Waals surface area contributed by atoms with Crippen LogP contribution in [0.3, 0.4) is 0 Å². The summed E-state index contributed by atoms with van der Waals surface area (Å²) in [6, 6.07) is 1.93. The van der Waals surface area contributed by atoms with Gasteiger partial charge in [-0.15, -0.1) is 0 Å². The Labute approximate surface area is 127 Å². The van der Waals surface area contributed by atoms with Crippen LogP contribution < -0.4 is 5.32 Å². The number of hydrogen-bond acceptors (Lipinski definition) is 4. The topological polar surface area (TPSA) is 51.0 Å². The Morgan fingerprint density at radius 1 is 1.10 bits per heavy atom. The first-order valence-corrected chi connectivity index (χ1v) is 7.72. The van der Waals surface area contributed by atoms with E-state index in [1.807, 2.05) is 13.0 Å². The quantitative estimate of drug-likeness (QED) is 0.791. The van der Waals surface area contributed by atoms with Gasteiger partial charge in [0.05, 0.1) is 11.8 Å². The van der Waals surface area contributed by atoms with E-state index in [0.29, 0.717) is 0 Å². The average Bonchev–Trinajstić information content (AvgIpc) is 2.87. The lowest BCUT2D eigenvalue weighted by Gasteiger charge is -2.11. The van der Waals surface area contributed by atoms with Crippen molar-refractivity contribution in [2.75, 3.05) is 13.1 Å². The van der Waals surface area contributed by atoms with E-state index in [1.165, 1.54) is 12.0 Å². The average molecular weight is 287 g/mol. The first kappa shape index (κ1) is 15.7. The van der Waals surface area contributed by atoms with Gasteiger partial charge < -0.3 is 9.73 Å². The largest absolute Gasteiger partial charge is 0.469 e. The van der Waals surface area contributed by atoms with Crippen LogP contribution >= 0.6 is 0 Å². The number of nitrogens with one attached hydrogen (secondary N) is 1. The summed E-state index contributed by atoms with van der Waals surface area (Å²) in [6.07, 6.45) is 5.01. The van der Waals surface area contributed by atoms with Crippen molar-refractivity contribution in [2.24, 2.45) is 0 Å². The zero-order valence-corrected chi connectivity index (χ0v) is 13.5. The molecule has 0 unspecified atom stereocenters. The molecule has 2 heterocycles. The van der Waals surface area contributed by atoms with Crippen LogP contribution in [0.1, 0.15) is 42.5 Å². The Balaban J connectivity index is 2.09. The molecule has 0 saturated carbocycles. The molecule has 2 aromatic rings. The molecule has 114 valence electrons. The summed E-state index contributed by atoms with van der Waals surface area (Å²) in [5, 5.41) is 3.43. The fourth-order valence-corrected chi connectivity index (χ4v) is 2.53. The van der Waals surface area contributed by atoms with Crippen molar-refractivity contribution in [3.8, 4) is 11.4 Å². The van der Waals surface area contributed by atoms with Gasteiger partial charge in [0.25, 0.3) is 0 Å². The Morgan fingerprint density at radius 2 is 1.81 bits per heavy atom. The summed E-state index contributed by atoms with van der Waals surface area (Å²) in [6.45, 7) is 10.4. The number of hydrogen-bond donors (Lipinski definition) is 1. The number of nitrogens with zero attached hydrogens (tertiary/aromatic N) is 2. The second-order valence-electron chi connectivity index (χ2n) is 5.44. The normalized spacial score (nSPS) is 11.0. The van der Waals surface area contributed by atoms with Gasteiger partial charge >= 0.3 is 0 Å². The SMILES string of the molecule is CCCNCCCc1c(C)nc(-c2ccoc2C)nc1C. The van der Waals surface area contributed by atoms with E-state index in [1.54, 1.807) is 6.26 Å². The molecule has 0 aliphatic rings. The van der Waals surface area contributed by atoms with Gasteiger partial charge in [0.2, 0.25) is 0 Å². The number of furan rings is 1. The predicted molar refractivity (Wildman–Crippen MR) is 85.4 cm³/mol. The smallest absolute Gasteiger partial charge is 0.163 e. The second kappa shape index (κ2) is 7.36. The van der Waals surface area contributed by atoms with Crippen molar-refractivity contribution in [3.05, 3.63) is 35.0 Å². The van der Waals surface area contributed by atoms with Crippen LogP contribution in [0.5, 0.6) is 0 Å². The van der Waals surface area contributed by atoms with Crippen LogP contribution in [-0.2, 0) is 6.42 Å². The predicted octanol–water partition coefficient (Wildman–Crippen LogP) is 3.59. The van der Waals surface area contributed by atoms with Crippen LogP contribution in [-0.4, -0.2) is 23.1 Å². The Hall–Kier alpha value is -1.68. The lowest BCUT2D eigenvalue weighted by Crippen LogP contribution is -2.17. The summed E-state index contributed by atoms with van der Waals surface area (Å²) in [5.41, 5.74) is 4.41. The van der Waals surface area contributed by atoms with E-state index in [9.17, 15) is 0 Å². The minimum absolute atomic E-state index is 0.768. The van der Waals surface area contributed by atoms with Crippen LogP contribution in [0.4, 0.5) is 0 Å². The molecule has 0 aromatic carbocycles. The zero-order valence-electron chi connectivity index (χ0n) is 13.5. The van der Waals surface area contributed by atoms with Crippen molar-refractivity contribution in [2.45, 2.75) is 47.0 Å². The highest BCUT2D eigenvalue weighted by atomic mass is 16.3. The molecule has 0 aliphatic carbocycles. The van der Waals surface area contributed by atoms with Crippen molar-refractivity contribution in [1.82, 2.24) is 15.3 Å². The molecular weight excluding hydrogens is 262 g/mol. The maximum absolute atomic E-state index is 5.34. The van der Waals surface area contributed by atoms with E-state index < -0.39 is 0 Å². The first-order valence-electron chi connectivity index (χ1n) is 7.72. The van der Waals surface area contributed by atoms with E-state index in [4.69, 9.17) is 4.42 Å². The molecule has 4 nitrogen and oxygen atoms in total. The minimum atomic E-state index is 0.768. The van der Waals surface area contributed by atoms with Crippen molar-refractivity contribution in [3.63, 3.8) is 0 Å². The van der Waals surface area contributed by atoms with Crippen LogP contribution in [0, 0.1) is 20.8 Å². The van der Waals surface area contributed by atoms with E-state index in [2.05, 4.69) is 36.1 Å². The molecule has 0 bridgehead atoms. The molecule has 21 heavy (non-hydrogen) atoms. The summed E-state index contributed by atoms with van der Waals surface area (Å²) >= 11 is 0. The molecule has 2 rings (SSSR count). The van der Waals surface area contributed by atoms with Crippen molar-refractivity contribution < 1.29 is 4.42 Å². The maximum atomic E-state index is 5.34. The highest BCUT2D eigenvalue weighted by Gasteiger charge is 2.12. The van der Waals surface area contributed by atoms with Gasteiger partial charge in [-0.05, 0) is 64.8 Å². The second-order valence-corrected chi connectivity index (χ2v) is 5.44. The fraction of sp³-hybridized carbons (Fsp3) is 0.529. The molecule has 0 radical (unpaired) electrons. The molecule has 2 aromatic heterocycles. The Bertz CT molecular complexity index is 566. The van der Waals surface area contributed by atoms with Gasteiger partial charge in [0.1, 0.15) is 5.76 Å². The van der Waals surface area contributed by atoms with Crippen LogP contribution in [0.25, 0.3) is 11.4 Å². The summed E-state index contributed by atoms with van der Waals surface area (Å²) < 4.78 is 5.34. The summed E-state index contributed by atoms with van der Waals surface area (Å²) in [7, 11) is 0. The third-order valence-corrected chi connectivity index (χ3v) is 3.73. The molecule has 0 atom stereocenters. The third-order valence-electron chi connectivity index (χ3n) is 3.73. The van der Waals surface area contributed by atoms with Crippen LogP contribution in [0.2, 0.25) is 0 Å². The lowest BCUT2D eigenvalue weighted by molar-refractivity contribution is 0.535. The molecule has 0 spiro atoms. The summed E-state index contributed by atoms with van der Waals surface area (Å²) in [5.74, 6) is 1.63. The molecule has 0 amide bonds. The van der Waals surface area contributed by atoms with E-state index >= 15 is 0 Å². The molecule has 1 N–H and O–H groups in total. The maximum Gasteiger partial charge on any atom is 0.163 e. The standard InChI is InChI=1S/C17H25N3O/c1-5-9-18-10-6-7-15-12(2)19-17(20-13(15)3)16-8-11-21-14(16)4/h8,11,18H,5-7,9-10H2,1-4H3. The van der Waals surface area contributed by atoms with Gasteiger partial charge in [-0.3, -0.25) is 0 Å². The third kappa shape index (κ3) is 3.91. The number of aryl methyl sites for hydroxylation is 3. The first-order chi connectivity index (χ1) is 10.1. The molecule has 0 aliphatic heterocycles. The highest BCUT2D eigenvalue weighted by molar-refractivity contribution is 5.57. The Kier molecular flexibility index (Phi) is 5.51. The van der Waals surface area contributed by atoms with Gasteiger partial charge in [-0.25, -0.2) is 9.97 Å². The van der Waals surface area contributed by atoms with Gasteiger partial charge in [-0.2, -0.15) is 0 Å². The lowest BCUT2D eigenvalue weighted by atomic mass is 10.1. The Morgan fingerprint density at radius 3 is 2.38 bits per heavy atom. The van der Waals surface area contributed by atoms with E-state index in [0.717, 1.165) is 54.5 Å². The fourth-order valence-electron chi connectivity index (χ4n) is 2.53. The van der Waals surface area contributed by atoms with Crippen molar-refractivity contribution >= 4 is 0 Å². The summed E-state index contributed by atoms with van der Waals surface area (Å²) in [4.78, 5) is 9.32. The van der Waals surface area contributed by atoms with Crippen LogP contribution in [0.15, 0.2) is 16.7 Å². The molecular formula is C17H25N3O. The van der Waals surface area contributed by atoms with E-state index in [-0.39, 0.29) is 0 Å². The molecule has 0 fully saturated rings. The minimum Gasteiger partial charge on any atom is -0.469 e. The highest BCUT2D eigenvalue weighted by Crippen LogP contribution is 2.23. The van der Waals surface area contributed by atoms with Gasteiger partial charge in [0.15, 0.2) is 5.82 Å². The molecule has 4 heteroatoms. The monoisotopic (exact) mass is 287 g/mol. The number of aromatic nitrogens is 2. The zero-order chi connectivity index (χ0) is 15.2. The van der Waals surface area contributed by atoms with Gasteiger partial charge in [-0.1, -0.05) is 6.92 Å². The number of rotatable bonds is 7.